The van der Waals surface area contributed by atoms with E-state index in [2.05, 4.69) is 9.47 Å². The molecular formula is C10H11ClF6O4. The smallest absolute Gasteiger partial charge is 0.434 e. The van der Waals surface area contributed by atoms with Gasteiger partial charge in [0.15, 0.2) is 6.61 Å². The Labute approximate surface area is 120 Å². The summed E-state index contributed by atoms with van der Waals surface area (Å²) in [6, 6.07) is 0. The van der Waals surface area contributed by atoms with Crippen molar-refractivity contribution in [2.45, 2.75) is 43.6 Å². The third kappa shape index (κ3) is 6.40. The summed E-state index contributed by atoms with van der Waals surface area (Å²) >= 11 is 5.62. The first-order valence-electron chi connectivity index (χ1n) is 5.41. The Kier molecular flexibility index (Phi) is 6.33. The first-order chi connectivity index (χ1) is 9.21. The largest absolute Gasteiger partial charge is 0.452 e. The van der Waals surface area contributed by atoms with E-state index in [1.165, 1.54) is 13.8 Å². The van der Waals surface area contributed by atoms with E-state index in [-0.39, 0.29) is 6.42 Å². The Bertz CT molecular complexity index is 376. The number of hydrogen-bond acceptors (Lipinski definition) is 4. The van der Waals surface area contributed by atoms with Gasteiger partial charge < -0.3 is 9.47 Å². The zero-order valence-corrected chi connectivity index (χ0v) is 11.5. The highest BCUT2D eigenvalue weighted by Crippen LogP contribution is 2.35. The Hall–Kier alpha value is -1.19. The molecule has 0 aromatic carbocycles. The summed E-state index contributed by atoms with van der Waals surface area (Å²) in [5.74, 6) is -3.16. The lowest BCUT2D eigenvalue weighted by Crippen LogP contribution is -2.46. The fourth-order valence-electron chi connectivity index (χ4n) is 0.904. The maximum atomic E-state index is 12.1. The monoisotopic (exact) mass is 344 g/mol. The molecule has 0 aliphatic heterocycles. The summed E-state index contributed by atoms with van der Waals surface area (Å²) in [7, 11) is 0. The molecule has 0 radical (unpaired) electrons. The lowest BCUT2D eigenvalue weighted by atomic mass is 10.1. The highest BCUT2D eigenvalue weighted by molar-refractivity contribution is 6.33. The van der Waals surface area contributed by atoms with Gasteiger partial charge in [0.25, 0.3) is 6.10 Å². The van der Waals surface area contributed by atoms with Crippen LogP contribution in [0.5, 0.6) is 0 Å². The number of hydrogen-bond donors (Lipinski definition) is 0. The summed E-state index contributed by atoms with van der Waals surface area (Å²) in [4.78, 5) is 20.6. The maximum Gasteiger partial charge on any atom is 0.434 e. The molecule has 0 amide bonds. The van der Waals surface area contributed by atoms with Crippen LogP contribution in [0.4, 0.5) is 26.3 Å². The maximum absolute atomic E-state index is 12.1. The van der Waals surface area contributed by atoms with E-state index in [1.807, 2.05) is 0 Å². The standard InChI is InChI=1S/C10H11ClF6O4/c1-3-8(2,11)7(19)20-4-5(18)21-6(9(12,13)14)10(15,16)17/h6H,3-4H2,1-2H3. The molecule has 0 rings (SSSR count). The van der Waals surface area contributed by atoms with Crippen LogP contribution in [0.15, 0.2) is 0 Å². The SMILES string of the molecule is CCC(C)(Cl)C(=O)OCC(=O)OC(C(F)(F)F)C(F)(F)F. The zero-order chi connectivity index (χ0) is 17.1. The Balaban J connectivity index is 4.66. The van der Waals surface area contributed by atoms with E-state index in [4.69, 9.17) is 11.6 Å². The third-order valence-corrected chi connectivity index (χ3v) is 2.68. The van der Waals surface area contributed by atoms with Crippen molar-refractivity contribution in [2.75, 3.05) is 6.61 Å². The first kappa shape index (κ1) is 19.8. The van der Waals surface area contributed by atoms with Gasteiger partial charge in [-0.2, -0.15) is 26.3 Å². The number of rotatable bonds is 5. The Morgan fingerprint density at radius 1 is 1.10 bits per heavy atom. The second-order valence-corrected chi connectivity index (χ2v) is 4.91. The molecule has 0 aromatic heterocycles. The minimum absolute atomic E-state index is 0.0656. The van der Waals surface area contributed by atoms with Crippen molar-refractivity contribution in [3.63, 3.8) is 0 Å². The van der Waals surface area contributed by atoms with Crippen LogP contribution >= 0.6 is 11.6 Å². The van der Waals surface area contributed by atoms with Gasteiger partial charge in [-0.15, -0.1) is 11.6 Å². The molecule has 4 nitrogen and oxygen atoms in total. The average molecular weight is 345 g/mol. The molecule has 0 fully saturated rings. The number of alkyl halides is 7. The highest BCUT2D eigenvalue weighted by Gasteiger charge is 2.59. The molecule has 0 N–H and O–H groups in total. The van der Waals surface area contributed by atoms with Crippen LogP contribution in [-0.4, -0.2) is 41.9 Å². The quantitative estimate of drug-likeness (QED) is 0.437. The number of esters is 2. The lowest BCUT2D eigenvalue weighted by Gasteiger charge is -2.23. The fourth-order valence-corrected chi connectivity index (χ4v) is 0.959. The predicted octanol–water partition coefficient (Wildman–Crippen LogP) is 2.97. The Morgan fingerprint density at radius 3 is 1.86 bits per heavy atom. The molecule has 11 heteroatoms. The first-order valence-corrected chi connectivity index (χ1v) is 5.78. The second-order valence-electron chi connectivity index (χ2n) is 4.08. The van der Waals surface area contributed by atoms with E-state index in [0.717, 1.165) is 0 Å². The predicted molar refractivity (Wildman–Crippen MR) is 57.5 cm³/mol. The lowest BCUT2D eigenvalue weighted by molar-refractivity contribution is -0.313. The van der Waals surface area contributed by atoms with E-state index in [0.29, 0.717) is 0 Å². The van der Waals surface area contributed by atoms with Gasteiger partial charge >= 0.3 is 24.3 Å². The normalized spacial score (nSPS) is 15.5. The van der Waals surface area contributed by atoms with Crippen LogP contribution in [0, 0.1) is 0 Å². The van der Waals surface area contributed by atoms with Gasteiger partial charge in [0.05, 0.1) is 0 Å². The van der Waals surface area contributed by atoms with Crippen molar-refractivity contribution in [3.05, 3.63) is 0 Å². The molecule has 0 saturated carbocycles. The average Bonchev–Trinajstić information content (AvgIpc) is 2.29. The van der Waals surface area contributed by atoms with Crippen molar-refractivity contribution in [1.82, 2.24) is 0 Å². The van der Waals surface area contributed by atoms with Gasteiger partial charge in [-0.3, -0.25) is 4.79 Å². The van der Waals surface area contributed by atoms with Gasteiger partial charge in [0, 0.05) is 0 Å². The summed E-state index contributed by atoms with van der Waals surface area (Å²) in [6.07, 6.45) is -15.9. The molecule has 1 atom stereocenters. The number of halogens is 7. The van der Waals surface area contributed by atoms with Crippen molar-refractivity contribution in [3.8, 4) is 0 Å². The topological polar surface area (TPSA) is 52.6 Å². The molecule has 124 valence electrons. The van der Waals surface area contributed by atoms with Gasteiger partial charge in [-0.25, -0.2) is 4.79 Å². The van der Waals surface area contributed by atoms with Crippen LogP contribution in [0.1, 0.15) is 20.3 Å². The molecule has 21 heavy (non-hydrogen) atoms. The van der Waals surface area contributed by atoms with Crippen LogP contribution in [0.2, 0.25) is 0 Å². The van der Waals surface area contributed by atoms with E-state index < -0.39 is 41.9 Å². The number of carbonyl (C=O) groups is 2. The van der Waals surface area contributed by atoms with E-state index >= 15 is 0 Å². The minimum atomic E-state index is -5.83. The molecule has 0 aliphatic rings. The fraction of sp³-hybridized carbons (Fsp3) is 0.800. The van der Waals surface area contributed by atoms with Crippen molar-refractivity contribution in [2.24, 2.45) is 0 Å². The van der Waals surface area contributed by atoms with Gasteiger partial charge in [-0.05, 0) is 13.3 Å². The minimum Gasteiger partial charge on any atom is -0.452 e. The van der Waals surface area contributed by atoms with Gasteiger partial charge in [-0.1, -0.05) is 6.92 Å². The Morgan fingerprint density at radius 2 is 1.52 bits per heavy atom. The van der Waals surface area contributed by atoms with Crippen molar-refractivity contribution < 1.29 is 45.4 Å². The molecule has 0 bridgehead atoms. The van der Waals surface area contributed by atoms with Gasteiger partial charge in [0.2, 0.25) is 0 Å². The van der Waals surface area contributed by atoms with Crippen LogP contribution in [-0.2, 0) is 19.1 Å². The van der Waals surface area contributed by atoms with Crippen molar-refractivity contribution >= 4 is 23.5 Å². The summed E-state index contributed by atoms with van der Waals surface area (Å²) in [5.41, 5.74) is 0. The highest BCUT2D eigenvalue weighted by atomic mass is 35.5. The molecule has 0 aliphatic carbocycles. The molecule has 0 saturated heterocycles. The van der Waals surface area contributed by atoms with Crippen LogP contribution < -0.4 is 0 Å². The van der Waals surface area contributed by atoms with Crippen LogP contribution in [0.3, 0.4) is 0 Å². The molecule has 0 aromatic rings. The summed E-state index contributed by atoms with van der Waals surface area (Å²) < 4.78 is 80.0. The summed E-state index contributed by atoms with van der Waals surface area (Å²) in [6.45, 7) is 1.27. The van der Waals surface area contributed by atoms with Crippen molar-refractivity contribution in [1.29, 1.82) is 0 Å². The number of carbonyl (C=O) groups excluding carboxylic acids is 2. The molecule has 1 unspecified atom stereocenters. The molecule has 0 heterocycles. The third-order valence-electron chi connectivity index (χ3n) is 2.25. The number of ether oxygens (including phenoxy) is 2. The van der Waals surface area contributed by atoms with E-state index in [1.54, 1.807) is 0 Å². The summed E-state index contributed by atoms with van der Waals surface area (Å²) in [5, 5.41) is 0. The van der Waals surface area contributed by atoms with Crippen LogP contribution in [0.25, 0.3) is 0 Å². The zero-order valence-electron chi connectivity index (χ0n) is 10.8. The van der Waals surface area contributed by atoms with Gasteiger partial charge in [0.1, 0.15) is 4.87 Å². The van der Waals surface area contributed by atoms with E-state index in [9.17, 15) is 35.9 Å². The molecular weight excluding hydrogens is 334 g/mol. The second kappa shape index (κ2) is 6.71. The molecule has 0 spiro atoms.